The highest BCUT2D eigenvalue weighted by molar-refractivity contribution is 9.11. The molecule has 0 bridgehead atoms. The summed E-state index contributed by atoms with van der Waals surface area (Å²) in [4.78, 5) is 30.4. The lowest BCUT2D eigenvalue weighted by Crippen LogP contribution is -2.49. The van der Waals surface area contributed by atoms with Crippen molar-refractivity contribution in [1.82, 2.24) is 16.1 Å². The Morgan fingerprint density at radius 3 is 2.52 bits per heavy atom. The number of methoxy groups -OCH3 is 1. The summed E-state index contributed by atoms with van der Waals surface area (Å²) in [7, 11) is 1.58. The molecule has 3 N–H and O–H groups in total. The molecule has 0 aliphatic carbocycles. The molecule has 0 saturated carbocycles. The Bertz CT molecular complexity index is 905. The molecule has 2 amide bonds. The normalized spacial score (nSPS) is 15.9. The van der Waals surface area contributed by atoms with E-state index in [1.807, 2.05) is 42.5 Å². The molecule has 164 valence electrons. The van der Waals surface area contributed by atoms with E-state index in [1.165, 1.54) is 0 Å². The van der Waals surface area contributed by atoms with Gasteiger partial charge in [-0.25, -0.2) is 4.79 Å². The minimum Gasteiger partial charge on any atom is -0.497 e. The molecular weight excluding hydrogens is 466 g/mol. The second-order valence-corrected chi connectivity index (χ2v) is 7.68. The van der Waals surface area contributed by atoms with Crippen molar-refractivity contribution in [2.45, 2.75) is 25.2 Å². The summed E-state index contributed by atoms with van der Waals surface area (Å²) in [5, 5.41) is 5.47. The summed E-state index contributed by atoms with van der Waals surface area (Å²) < 4.78 is 11.1. The lowest BCUT2D eigenvalue weighted by molar-refractivity contribution is -0.123. The fourth-order valence-corrected chi connectivity index (χ4v) is 3.29. The second kappa shape index (κ2) is 11.4. The number of hydroxylamine groups is 1. The van der Waals surface area contributed by atoms with Crippen LogP contribution in [0.3, 0.4) is 0 Å². The monoisotopic (exact) mass is 489 g/mol. The van der Waals surface area contributed by atoms with Gasteiger partial charge in [0, 0.05) is 6.42 Å². The van der Waals surface area contributed by atoms with Crippen LogP contribution in [0.25, 0.3) is 0 Å². The zero-order valence-electron chi connectivity index (χ0n) is 17.0. The standard InChI is InChI=1S/C22H24BrN3O5/c1-29-17-9-7-16(8-10-17)14-30-22(28)25-19(11-15-5-3-2-4-6-15)21(27)24-13-18-12-20(23)26-31-18/h2-10,12,18-19,26H,11,13-14H2,1H3,(H,24,27)(H,25,28)/t18?,19-/m0/s1. The molecule has 2 atom stereocenters. The number of hydrogen-bond donors (Lipinski definition) is 3. The predicted octanol–water partition coefficient (Wildman–Crippen LogP) is 2.79. The van der Waals surface area contributed by atoms with Gasteiger partial charge in [0.2, 0.25) is 5.91 Å². The van der Waals surface area contributed by atoms with Gasteiger partial charge in [-0.05, 0) is 45.3 Å². The van der Waals surface area contributed by atoms with E-state index in [0.29, 0.717) is 11.0 Å². The van der Waals surface area contributed by atoms with Crippen LogP contribution in [0.2, 0.25) is 0 Å². The lowest BCUT2D eigenvalue weighted by Gasteiger charge is -2.19. The van der Waals surface area contributed by atoms with Crippen molar-refractivity contribution in [1.29, 1.82) is 0 Å². The molecule has 0 radical (unpaired) electrons. The molecule has 1 unspecified atom stereocenters. The van der Waals surface area contributed by atoms with E-state index < -0.39 is 12.1 Å². The fraction of sp³-hybridized carbons (Fsp3) is 0.273. The molecule has 1 aliphatic heterocycles. The molecule has 3 rings (SSSR count). The zero-order chi connectivity index (χ0) is 22.1. The number of benzene rings is 2. The molecule has 0 aromatic heterocycles. The van der Waals surface area contributed by atoms with Crippen molar-refractivity contribution in [3.8, 4) is 5.75 Å². The van der Waals surface area contributed by atoms with Gasteiger partial charge < -0.3 is 20.1 Å². The van der Waals surface area contributed by atoms with E-state index in [9.17, 15) is 9.59 Å². The molecule has 0 fully saturated rings. The Labute approximate surface area is 189 Å². The number of amides is 2. The summed E-state index contributed by atoms with van der Waals surface area (Å²) >= 11 is 3.27. The minimum atomic E-state index is -0.799. The van der Waals surface area contributed by atoms with Crippen molar-refractivity contribution in [2.75, 3.05) is 13.7 Å². The van der Waals surface area contributed by atoms with E-state index in [4.69, 9.17) is 14.3 Å². The van der Waals surface area contributed by atoms with Gasteiger partial charge in [0.1, 0.15) is 29.1 Å². The molecule has 31 heavy (non-hydrogen) atoms. The van der Waals surface area contributed by atoms with Gasteiger partial charge in [-0.2, -0.15) is 0 Å². The average Bonchev–Trinajstić information content (AvgIpc) is 3.21. The van der Waals surface area contributed by atoms with Gasteiger partial charge in [-0.15, -0.1) is 0 Å². The smallest absolute Gasteiger partial charge is 0.408 e. The summed E-state index contributed by atoms with van der Waals surface area (Å²) in [5.74, 6) is 0.390. The largest absolute Gasteiger partial charge is 0.497 e. The van der Waals surface area contributed by atoms with Gasteiger partial charge in [-0.3, -0.25) is 15.1 Å². The van der Waals surface area contributed by atoms with Crippen LogP contribution in [0.5, 0.6) is 5.75 Å². The van der Waals surface area contributed by atoms with Crippen LogP contribution < -0.4 is 20.9 Å². The second-order valence-electron chi connectivity index (χ2n) is 6.83. The van der Waals surface area contributed by atoms with Crippen LogP contribution in [-0.4, -0.2) is 37.8 Å². The van der Waals surface area contributed by atoms with E-state index in [1.54, 1.807) is 25.3 Å². The molecule has 0 spiro atoms. The van der Waals surface area contributed by atoms with Crippen molar-refractivity contribution in [2.24, 2.45) is 0 Å². The third kappa shape index (κ3) is 7.30. The molecule has 2 aromatic carbocycles. The molecule has 8 nitrogen and oxygen atoms in total. The number of nitrogens with one attached hydrogen (secondary N) is 3. The molecule has 0 saturated heterocycles. The van der Waals surface area contributed by atoms with E-state index in [0.717, 1.165) is 16.9 Å². The van der Waals surface area contributed by atoms with E-state index in [2.05, 4.69) is 32.0 Å². The van der Waals surface area contributed by atoms with Crippen molar-refractivity contribution >= 4 is 27.9 Å². The maximum absolute atomic E-state index is 12.8. The molecule has 1 aliphatic rings. The number of hydrogen-bond acceptors (Lipinski definition) is 6. The van der Waals surface area contributed by atoms with Crippen LogP contribution in [0, 0.1) is 0 Å². The number of carbonyl (C=O) groups excluding carboxylic acids is 2. The first-order chi connectivity index (χ1) is 15.0. The van der Waals surface area contributed by atoms with Crippen LogP contribution in [0.4, 0.5) is 4.79 Å². The van der Waals surface area contributed by atoms with Gasteiger partial charge in [0.15, 0.2) is 0 Å². The van der Waals surface area contributed by atoms with Gasteiger partial charge >= 0.3 is 6.09 Å². The summed E-state index contributed by atoms with van der Waals surface area (Å²) in [6, 6.07) is 15.8. The molecule has 1 heterocycles. The number of ether oxygens (including phenoxy) is 2. The highest BCUT2D eigenvalue weighted by Crippen LogP contribution is 2.13. The molecule has 2 aromatic rings. The van der Waals surface area contributed by atoms with Crippen LogP contribution >= 0.6 is 15.9 Å². The van der Waals surface area contributed by atoms with Crippen LogP contribution in [0.15, 0.2) is 65.3 Å². The first-order valence-corrected chi connectivity index (χ1v) is 10.5. The van der Waals surface area contributed by atoms with Crippen molar-refractivity contribution in [3.05, 3.63) is 76.4 Å². The first kappa shape index (κ1) is 22.6. The van der Waals surface area contributed by atoms with E-state index in [-0.39, 0.29) is 25.2 Å². The number of carbonyl (C=O) groups is 2. The lowest BCUT2D eigenvalue weighted by atomic mass is 10.1. The number of alkyl carbamates (subject to hydrolysis) is 1. The highest BCUT2D eigenvalue weighted by Gasteiger charge is 2.24. The van der Waals surface area contributed by atoms with Crippen LogP contribution in [0.1, 0.15) is 11.1 Å². The number of rotatable bonds is 9. The summed E-state index contributed by atoms with van der Waals surface area (Å²) in [6.45, 7) is 0.338. The molecular formula is C22H24BrN3O5. The fourth-order valence-electron chi connectivity index (χ4n) is 2.90. The van der Waals surface area contributed by atoms with Gasteiger partial charge in [0.05, 0.1) is 13.7 Å². The van der Waals surface area contributed by atoms with Crippen LogP contribution in [-0.2, 0) is 27.4 Å². The predicted molar refractivity (Wildman–Crippen MR) is 118 cm³/mol. The Balaban J connectivity index is 1.56. The van der Waals surface area contributed by atoms with Crippen molar-refractivity contribution in [3.63, 3.8) is 0 Å². The van der Waals surface area contributed by atoms with Gasteiger partial charge in [0.25, 0.3) is 0 Å². The Hall–Kier alpha value is -3.04. The highest BCUT2D eigenvalue weighted by atomic mass is 79.9. The third-order valence-electron chi connectivity index (χ3n) is 4.54. The first-order valence-electron chi connectivity index (χ1n) is 9.70. The third-order valence-corrected chi connectivity index (χ3v) is 4.96. The maximum Gasteiger partial charge on any atom is 0.408 e. The Morgan fingerprint density at radius 2 is 1.87 bits per heavy atom. The zero-order valence-corrected chi connectivity index (χ0v) is 18.6. The Kier molecular flexibility index (Phi) is 8.31. The SMILES string of the molecule is COc1ccc(COC(=O)N[C@@H](Cc2ccccc2)C(=O)NCC2C=C(Br)NO2)cc1. The minimum absolute atomic E-state index is 0.0793. The average molecular weight is 490 g/mol. The summed E-state index contributed by atoms with van der Waals surface area (Å²) in [5.41, 5.74) is 4.39. The topological polar surface area (TPSA) is 97.9 Å². The maximum atomic E-state index is 12.8. The van der Waals surface area contributed by atoms with E-state index >= 15 is 0 Å². The van der Waals surface area contributed by atoms with Gasteiger partial charge in [-0.1, -0.05) is 42.5 Å². The van der Waals surface area contributed by atoms with Crippen molar-refractivity contribution < 1.29 is 23.9 Å². The summed E-state index contributed by atoms with van der Waals surface area (Å²) in [6.07, 6.45) is 1.14. The number of halogens is 1. The molecule has 9 heteroatoms. The Morgan fingerprint density at radius 1 is 1.13 bits per heavy atom. The quantitative estimate of drug-likeness (QED) is 0.468.